The predicted octanol–water partition coefficient (Wildman–Crippen LogP) is 2.68. The van der Waals surface area contributed by atoms with Crippen molar-refractivity contribution in [1.82, 2.24) is 0 Å². The van der Waals surface area contributed by atoms with Gasteiger partial charge in [-0.2, -0.15) is 0 Å². The number of hydrogen-bond acceptors (Lipinski definition) is 2. The molecule has 0 radical (unpaired) electrons. The summed E-state index contributed by atoms with van der Waals surface area (Å²) in [6.07, 6.45) is 0. The molecule has 0 fully saturated rings. The second kappa shape index (κ2) is 3.56. The van der Waals surface area contributed by atoms with Crippen molar-refractivity contribution < 1.29 is 5.11 Å². The van der Waals surface area contributed by atoms with Gasteiger partial charge in [0.15, 0.2) is 0 Å². The van der Waals surface area contributed by atoms with Crippen molar-refractivity contribution in [3.8, 4) is 5.75 Å². The lowest BCUT2D eigenvalue weighted by molar-refractivity contribution is 0.462. The normalized spacial score (nSPS) is 13.0. The van der Waals surface area contributed by atoms with Crippen LogP contribution in [-0.2, 0) is 0 Å². The van der Waals surface area contributed by atoms with Gasteiger partial charge in [-0.25, -0.2) is 0 Å². The number of rotatable bonds is 1. The van der Waals surface area contributed by atoms with Crippen LogP contribution in [0.1, 0.15) is 29.7 Å². The quantitative estimate of drug-likeness (QED) is 0.731. The molecule has 1 aromatic rings. The second-order valence-electron chi connectivity index (χ2n) is 3.38. The van der Waals surface area contributed by atoms with Crippen LogP contribution in [0.25, 0.3) is 0 Å². The molecule has 0 spiro atoms. The molecule has 0 saturated heterocycles. The summed E-state index contributed by atoms with van der Waals surface area (Å²) in [5, 5.41) is 10.1. The summed E-state index contributed by atoms with van der Waals surface area (Å²) in [5.74, 6) is 0.120. The number of hydrogen-bond donors (Lipinski definition) is 2. The summed E-state index contributed by atoms with van der Waals surface area (Å²) in [5.41, 5.74) is 8.30. The van der Waals surface area contributed by atoms with Crippen LogP contribution in [-0.4, -0.2) is 5.11 Å². The van der Waals surface area contributed by atoms with E-state index >= 15 is 0 Å². The van der Waals surface area contributed by atoms with Gasteiger partial charge in [-0.1, -0.05) is 17.7 Å². The smallest absolute Gasteiger partial charge is 0.139 e. The zero-order chi connectivity index (χ0) is 10.2. The largest absolute Gasteiger partial charge is 0.506 e. The summed E-state index contributed by atoms with van der Waals surface area (Å²) in [6.45, 7) is 5.61. The highest BCUT2D eigenvalue weighted by Gasteiger charge is 2.14. The lowest BCUT2D eigenvalue weighted by Crippen LogP contribution is -2.07. The van der Waals surface area contributed by atoms with Gasteiger partial charge in [0.2, 0.25) is 0 Å². The molecule has 1 rings (SSSR count). The molecule has 0 aliphatic heterocycles. The van der Waals surface area contributed by atoms with Gasteiger partial charge in [-0.15, -0.1) is 0 Å². The van der Waals surface area contributed by atoms with Crippen molar-refractivity contribution in [2.24, 2.45) is 5.73 Å². The number of phenolic OH excluding ortho intramolecular Hbond substituents is 1. The first-order valence-electron chi connectivity index (χ1n) is 4.19. The first-order valence-corrected chi connectivity index (χ1v) is 4.57. The van der Waals surface area contributed by atoms with Crippen LogP contribution in [0.4, 0.5) is 0 Å². The van der Waals surface area contributed by atoms with Gasteiger partial charge in [-0.05, 0) is 31.9 Å². The molecule has 0 amide bonds. The summed E-state index contributed by atoms with van der Waals surface area (Å²) in [4.78, 5) is 0. The van der Waals surface area contributed by atoms with Crippen LogP contribution < -0.4 is 5.73 Å². The number of nitrogens with two attached hydrogens (primary N) is 1. The summed E-state index contributed by atoms with van der Waals surface area (Å²) >= 11 is 5.89. The molecule has 2 nitrogen and oxygen atoms in total. The van der Waals surface area contributed by atoms with Gasteiger partial charge < -0.3 is 10.8 Å². The van der Waals surface area contributed by atoms with E-state index < -0.39 is 0 Å². The van der Waals surface area contributed by atoms with E-state index in [1.54, 1.807) is 0 Å². The molecule has 0 heterocycles. The van der Waals surface area contributed by atoms with Crippen LogP contribution in [0.15, 0.2) is 6.07 Å². The fourth-order valence-corrected chi connectivity index (χ4v) is 1.69. The van der Waals surface area contributed by atoms with E-state index in [0.29, 0.717) is 5.02 Å². The number of aromatic hydroxyl groups is 1. The molecular weight excluding hydrogens is 186 g/mol. The highest BCUT2D eigenvalue weighted by molar-refractivity contribution is 6.32. The molecule has 0 aromatic heterocycles. The Morgan fingerprint density at radius 2 is 1.92 bits per heavy atom. The number of benzene rings is 1. The van der Waals surface area contributed by atoms with Crippen molar-refractivity contribution in [1.29, 1.82) is 0 Å². The van der Waals surface area contributed by atoms with Crippen LogP contribution in [0.2, 0.25) is 5.02 Å². The third-order valence-corrected chi connectivity index (χ3v) is 2.60. The van der Waals surface area contributed by atoms with Gasteiger partial charge in [-0.3, -0.25) is 0 Å². The van der Waals surface area contributed by atoms with Crippen LogP contribution in [0.5, 0.6) is 5.75 Å². The Bertz CT molecular complexity index is 334. The fourth-order valence-electron chi connectivity index (χ4n) is 1.53. The lowest BCUT2D eigenvalue weighted by atomic mass is 9.99. The van der Waals surface area contributed by atoms with Crippen molar-refractivity contribution in [2.45, 2.75) is 26.8 Å². The summed E-state index contributed by atoms with van der Waals surface area (Å²) in [7, 11) is 0. The molecular formula is C10H14ClNO. The molecule has 13 heavy (non-hydrogen) atoms. The molecule has 1 aromatic carbocycles. The lowest BCUT2D eigenvalue weighted by Gasteiger charge is -2.14. The van der Waals surface area contributed by atoms with Crippen LogP contribution in [0.3, 0.4) is 0 Å². The molecule has 3 N–H and O–H groups in total. The topological polar surface area (TPSA) is 46.2 Å². The molecule has 1 atom stereocenters. The molecule has 0 aliphatic carbocycles. The summed E-state index contributed by atoms with van der Waals surface area (Å²) in [6, 6.07) is 1.74. The Morgan fingerprint density at radius 3 is 2.38 bits per heavy atom. The highest BCUT2D eigenvalue weighted by atomic mass is 35.5. The first kappa shape index (κ1) is 10.4. The molecule has 1 unspecified atom stereocenters. The highest BCUT2D eigenvalue weighted by Crippen LogP contribution is 2.35. The monoisotopic (exact) mass is 199 g/mol. The van der Waals surface area contributed by atoms with Gasteiger partial charge in [0.05, 0.1) is 5.02 Å². The zero-order valence-corrected chi connectivity index (χ0v) is 8.81. The second-order valence-corrected chi connectivity index (χ2v) is 3.75. The molecule has 72 valence electrons. The van der Waals surface area contributed by atoms with E-state index in [1.165, 1.54) is 0 Å². The van der Waals surface area contributed by atoms with Crippen LogP contribution >= 0.6 is 11.6 Å². The van der Waals surface area contributed by atoms with Crippen molar-refractivity contribution in [3.63, 3.8) is 0 Å². The third-order valence-electron chi connectivity index (χ3n) is 2.12. The molecule has 3 heteroatoms. The van der Waals surface area contributed by atoms with Gasteiger partial charge in [0.25, 0.3) is 0 Å². The number of halogens is 1. The Kier molecular flexibility index (Phi) is 2.84. The SMILES string of the molecule is Cc1cc(C)c(C(C)N)c(O)c1Cl. The standard InChI is InChI=1S/C10H14ClNO/c1-5-4-6(2)9(11)10(13)8(5)7(3)12/h4,7,13H,12H2,1-3H3. The first-order chi connectivity index (χ1) is 5.95. The molecule has 0 bridgehead atoms. The van der Waals surface area contributed by atoms with E-state index in [4.69, 9.17) is 17.3 Å². The Labute approximate surface area is 83.3 Å². The van der Waals surface area contributed by atoms with Gasteiger partial charge >= 0.3 is 0 Å². The number of aryl methyl sites for hydroxylation is 2. The third kappa shape index (κ3) is 1.79. The Morgan fingerprint density at radius 1 is 1.38 bits per heavy atom. The molecule has 0 aliphatic rings. The average Bonchev–Trinajstić information content (AvgIpc) is 1.99. The average molecular weight is 200 g/mol. The van der Waals surface area contributed by atoms with E-state index in [1.807, 2.05) is 26.8 Å². The van der Waals surface area contributed by atoms with Gasteiger partial charge in [0.1, 0.15) is 5.75 Å². The van der Waals surface area contributed by atoms with E-state index in [9.17, 15) is 5.11 Å². The Hall–Kier alpha value is -0.730. The van der Waals surface area contributed by atoms with E-state index in [2.05, 4.69) is 0 Å². The maximum atomic E-state index is 9.72. The van der Waals surface area contributed by atoms with Crippen molar-refractivity contribution >= 4 is 11.6 Å². The van der Waals surface area contributed by atoms with E-state index in [0.717, 1.165) is 16.7 Å². The minimum absolute atomic E-state index is 0.120. The van der Waals surface area contributed by atoms with Gasteiger partial charge in [0, 0.05) is 11.6 Å². The summed E-state index contributed by atoms with van der Waals surface area (Å²) < 4.78 is 0. The minimum Gasteiger partial charge on any atom is -0.506 e. The Balaban J connectivity index is 3.44. The van der Waals surface area contributed by atoms with Crippen LogP contribution in [0, 0.1) is 13.8 Å². The van der Waals surface area contributed by atoms with Crippen molar-refractivity contribution in [3.05, 3.63) is 27.8 Å². The maximum absolute atomic E-state index is 9.72. The molecule has 0 saturated carbocycles. The van der Waals surface area contributed by atoms with E-state index in [-0.39, 0.29) is 11.8 Å². The fraction of sp³-hybridized carbons (Fsp3) is 0.400. The number of phenols is 1. The predicted molar refractivity (Wildman–Crippen MR) is 55.2 cm³/mol. The van der Waals surface area contributed by atoms with Crippen molar-refractivity contribution in [2.75, 3.05) is 0 Å². The minimum atomic E-state index is -0.196. The maximum Gasteiger partial charge on any atom is 0.139 e. The zero-order valence-electron chi connectivity index (χ0n) is 8.06.